The van der Waals surface area contributed by atoms with E-state index in [4.69, 9.17) is 20.8 Å². The van der Waals surface area contributed by atoms with Crippen LogP contribution in [0, 0.1) is 6.92 Å². The number of alkyl halides is 1. The second-order valence-corrected chi connectivity index (χ2v) is 3.57. The normalized spacial score (nSPS) is 10.4. The molecule has 0 amide bonds. The largest absolute Gasteiger partial charge is 0.492 e. The van der Waals surface area contributed by atoms with Crippen molar-refractivity contribution in [2.24, 2.45) is 0 Å². The van der Waals surface area contributed by atoms with Gasteiger partial charge in [-0.15, -0.1) is 21.8 Å². The molecule has 0 bridgehead atoms. The molecule has 16 heavy (non-hydrogen) atoms. The summed E-state index contributed by atoms with van der Waals surface area (Å²) in [4.78, 5) is 0. The van der Waals surface area contributed by atoms with Crippen molar-refractivity contribution >= 4 is 11.6 Å². The second kappa shape index (κ2) is 4.99. The minimum atomic E-state index is 0.477. The average molecular weight is 239 g/mol. The van der Waals surface area contributed by atoms with Crippen LogP contribution in [-0.4, -0.2) is 22.7 Å². The third-order valence-electron chi connectivity index (χ3n) is 1.97. The summed E-state index contributed by atoms with van der Waals surface area (Å²) in [6, 6.07) is 7.44. The van der Waals surface area contributed by atoms with Gasteiger partial charge in [0.25, 0.3) is 0 Å². The van der Waals surface area contributed by atoms with Crippen molar-refractivity contribution in [2.45, 2.75) is 6.92 Å². The Bertz CT molecular complexity index is 453. The number of aromatic nitrogens is 2. The molecule has 2 rings (SSSR count). The molecule has 0 fully saturated rings. The Hall–Kier alpha value is -1.55. The van der Waals surface area contributed by atoms with Gasteiger partial charge in [-0.2, -0.15) is 0 Å². The molecule has 1 aromatic carbocycles. The molecule has 1 aromatic heterocycles. The first-order valence-corrected chi connectivity index (χ1v) is 5.42. The molecule has 2 aromatic rings. The summed E-state index contributed by atoms with van der Waals surface area (Å²) in [7, 11) is 0. The fourth-order valence-corrected chi connectivity index (χ4v) is 1.34. The highest BCUT2D eigenvalue weighted by Gasteiger charge is 2.05. The Morgan fingerprint density at radius 2 is 2.00 bits per heavy atom. The molecule has 0 atom stereocenters. The highest BCUT2D eigenvalue weighted by Crippen LogP contribution is 2.20. The molecule has 4 nitrogen and oxygen atoms in total. The third-order valence-corrected chi connectivity index (χ3v) is 2.13. The summed E-state index contributed by atoms with van der Waals surface area (Å²) in [5.74, 6) is 2.32. The van der Waals surface area contributed by atoms with Gasteiger partial charge in [-0.3, -0.25) is 0 Å². The molecule has 0 unspecified atom stereocenters. The molecule has 5 heteroatoms. The van der Waals surface area contributed by atoms with Crippen molar-refractivity contribution in [1.82, 2.24) is 10.2 Å². The molecule has 84 valence electrons. The standard InChI is InChI=1S/C11H11ClN2O2/c1-8-13-14-11(16-8)9-2-4-10(5-3-9)15-7-6-12/h2-5H,6-7H2,1H3. The molecule has 0 saturated heterocycles. The van der Waals surface area contributed by atoms with Crippen LogP contribution in [0.5, 0.6) is 5.75 Å². The summed E-state index contributed by atoms with van der Waals surface area (Å²) in [6.45, 7) is 2.26. The molecule has 0 aliphatic heterocycles. The predicted octanol–water partition coefficient (Wildman–Crippen LogP) is 2.66. The van der Waals surface area contributed by atoms with Crippen LogP contribution in [0.3, 0.4) is 0 Å². The Morgan fingerprint density at radius 3 is 2.56 bits per heavy atom. The number of benzene rings is 1. The number of hydrogen-bond donors (Lipinski definition) is 0. The van der Waals surface area contributed by atoms with Gasteiger partial charge in [0, 0.05) is 12.5 Å². The SMILES string of the molecule is Cc1nnc(-c2ccc(OCCCl)cc2)o1. The number of aryl methyl sites for hydroxylation is 1. The first-order chi connectivity index (χ1) is 7.79. The van der Waals surface area contributed by atoms with Crippen molar-refractivity contribution in [2.75, 3.05) is 12.5 Å². The molecular formula is C11H11ClN2O2. The van der Waals surface area contributed by atoms with Gasteiger partial charge in [-0.25, -0.2) is 0 Å². The number of rotatable bonds is 4. The van der Waals surface area contributed by atoms with E-state index in [1.165, 1.54) is 0 Å². The Balaban J connectivity index is 2.13. The summed E-state index contributed by atoms with van der Waals surface area (Å²) in [5, 5.41) is 7.70. The fraction of sp³-hybridized carbons (Fsp3) is 0.273. The lowest BCUT2D eigenvalue weighted by molar-refractivity contribution is 0.343. The van der Waals surface area contributed by atoms with Crippen LogP contribution in [0.1, 0.15) is 5.89 Å². The zero-order chi connectivity index (χ0) is 11.4. The van der Waals surface area contributed by atoms with E-state index in [2.05, 4.69) is 10.2 Å². The van der Waals surface area contributed by atoms with Gasteiger partial charge in [0.05, 0.1) is 5.88 Å². The predicted molar refractivity (Wildman–Crippen MR) is 60.7 cm³/mol. The number of ether oxygens (including phenoxy) is 1. The highest BCUT2D eigenvalue weighted by atomic mass is 35.5. The van der Waals surface area contributed by atoms with Gasteiger partial charge >= 0.3 is 0 Å². The molecule has 0 saturated carbocycles. The van der Waals surface area contributed by atoms with Crippen LogP contribution in [0.15, 0.2) is 28.7 Å². The van der Waals surface area contributed by atoms with E-state index in [0.717, 1.165) is 11.3 Å². The van der Waals surface area contributed by atoms with Gasteiger partial charge in [0.1, 0.15) is 12.4 Å². The smallest absolute Gasteiger partial charge is 0.247 e. The van der Waals surface area contributed by atoms with E-state index >= 15 is 0 Å². The molecule has 0 aliphatic carbocycles. The maximum Gasteiger partial charge on any atom is 0.247 e. The van der Waals surface area contributed by atoms with Crippen molar-refractivity contribution < 1.29 is 9.15 Å². The zero-order valence-electron chi connectivity index (χ0n) is 8.81. The molecule has 1 heterocycles. The van der Waals surface area contributed by atoms with E-state index in [9.17, 15) is 0 Å². The minimum absolute atomic E-state index is 0.477. The lowest BCUT2D eigenvalue weighted by Crippen LogP contribution is -1.97. The van der Waals surface area contributed by atoms with Crippen LogP contribution in [-0.2, 0) is 0 Å². The fourth-order valence-electron chi connectivity index (χ4n) is 1.26. The first-order valence-electron chi connectivity index (χ1n) is 4.89. The number of halogens is 1. The Labute approximate surface area is 98.2 Å². The lowest BCUT2D eigenvalue weighted by atomic mass is 10.2. The van der Waals surface area contributed by atoms with Crippen molar-refractivity contribution in [3.8, 4) is 17.2 Å². The van der Waals surface area contributed by atoms with Crippen LogP contribution >= 0.6 is 11.6 Å². The minimum Gasteiger partial charge on any atom is -0.492 e. The molecule has 0 aliphatic rings. The van der Waals surface area contributed by atoms with Gasteiger partial charge in [0.15, 0.2) is 0 Å². The van der Waals surface area contributed by atoms with Crippen molar-refractivity contribution in [3.05, 3.63) is 30.2 Å². The highest BCUT2D eigenvalue weighted by molar-refractivity contribution is 6.18. The van der Waals surface area contributed by atoms with Crippen molar-refractivity contribution in [1.29, 1.82) is 0 Å². The van der Waals surface area contributed by atoms with E-state index in [1.807, 2.05) is 24.3 Å². The van der Waals surface area contributed by atoms with Gasteiger partial charge in [0.2, 0.25) is 11.8 Å². The molecular weight excluding hydrogens is 228 g/mol. The second-order valence-electron chi connectivity index (χ2n) is 3.19. The van der Waals surface area contributed by atoms with Gasteiger partial charge in [-0.1, -0.05) is 0 Å². The molecule has 0 spiro atoms. The number of hydrogen-bond acceptors (Lipinski definition) is 4. The average Bonchev–Trinajstić information content (AvgIpc) is 2.74. The van der Waals surface area contributed by atoms with Gasteiger partial charge < -0.3 is 9.15 Å². The van der Waals surface area contributed by atoms with E-state index in [0.29, 0.717) is 24.3 Å². The monoisotopic (exact) mass is 238 g/mol. The van der Waals surface area contributed by atoms with Crippen LogP contribution in [0.2, 0.25) is 0 Å². The van der Waals surface area contributed by atoms with Crippen LogP contribution < -0.4 is 4.74 Å². The maximum atomic E-state index is 5.52. The van der Waals surface area contributed by atoms with E-state index < -0.39 is 0 Å². The maximum absolute atomic E-state index is 5.52. The summed E-state index contributed by atoms with van der Waals surface area (Å²) < 4.78 is 10.7. The lowest BCUT2D eigenvalue weighted by Gasteiger charge is -2.03. The third kappa shape index (κ3) is 2.52. The van der Waals surface area contributed by atoms with Gasteiger partial charge in [-0.05, 0) is 24.3 Å². The van der Waals surface area contributed by atoms with Crippen molar-refractivity contribution in [3.63, 3.8) is 0 Å². The van der Waals surface area contributed by atoms with Crippen LogP contribution in [0.25, 0.3) is 11.5 Å². The Kier molecular flexibility index (Phi) is 3.41. The first kappa shape index (κ1) is 11.0. The summed E-state index contributed by atoms with van der Waals surface area (Å²) in [6.07, 6.45) is 0. The number of nitrogens with zero attached hydrogens (tertiary/aromatic N) is 2. The van der Waals surface area contributed by atoms with E-state index in [-0.39, 0.29) is 0 Å². The topological polar surface area (TPSA) is 48.2 Å². The molecule has 0 N–H and O–H groups in total. The van der Waals surface area contributed by atoms with E-state index in [1.54, 1.807) is 6.92 Å². The Morgan fingerprint density at radius 1 is 1.25 bits per heavy atom. The summed E-state index contributed by atoms with van der Waals surface area (Å²) >= 11 is 5.52. The van der Waals surface area contributed by atoms with Crippen LogP contribution in [0.4, 0.5) is 0 Å². The zero-order valence-corrected chi connectivity index (χ0v) is 9.57. The summed E-state index contributed by atoms with van der Waals surface area (Å²) in [5.41, 5.74) is 0.874. The molecule has 0 radical (unpaired) electrons. The quantitative estimate of drug-likeness (QED) is 0.769.